The number of urea groups is 1. The first-order valence-corrected chi connectivity index (χ1v) is 12.0. The SMILES string of the molecule is CC(NC(=O)N(C)c1ccccc1)c1ccc(C(=O)NC23CC4CC(CC(O)(C4)C2)C3)cc1. The number of hydrogen-bond acceptors (Lipinski definition) is 3. The molecule has 174 valence electrons. The van der Waals surface area contributed by atoms with Gasteiger partial charge in [-0.15, -0.1) is 0 Å². The summed E-state index contributed by atoms with van der Waals surface area (Å²) in [6, 6.07) is 16.6. The molecule has 0 aromatic heterocycles. The van der Waals surface area contributed by atoms with Crippen molar-refractivity contribution in [3.8, 4) is 0 Å². The highest BCUT2D eigenvalue weighted by atomic mass is 16.3. The largest absolute Gasteiger partial charge is 0.390 e. The number of hydrogen-bond donors (Lipinski definition) is 3. The number of carbonyl (C=O) groups excluding carboxylic acids is 2. The molecule has 0 saturated heterocycles. The molecule has 4 saturated carbocycles. The first kappa shape index (κ1) is 22.0. The molecule has 0 aliphatic heterocycles. The van der Waals surface area contributed by atoms with Crippen molar-refractivity contribution < 1.29 is 14.7 Å². The normalized spacial score (nSPS) is 30.5. The van der Waals surface area contributed by atoms with Crippen molar-refractivity contribution >= 4 is 17.6 Å². The fourth-order valence-electron chi connectivity index (χ4n) is 6.73. The minimum atomic E-state index is -0.595. The lowest BCUT2D eigenvalue weighted by molar-refractivity contribution is -0.139. The summed E-state index contributed by atoms with van der Waals surface area (Å²) in [5.74, 6) is 0.974. The van der Waals surface area contributed by atoms with E-state index < -0.39 is 5.60 Å². The molecule has 2 aromatic carbocycles. The van der Waals surface area contributed by atoms with E-state index in [-0.39, 0.29) is 23.5 Å². The molecule has 0 heterocycles. The molecule has 4 aliphatic carbocycles. The monoisotopic (exact) mass is 447 g/mol. The fraction of sp³-hybridized carbons (Fsp3) is 0.481. The van der Waals surface area contributed by atoms with E-state index in [0.29, 0.717) is 23.8 Å². The lowest BCUT2D eigenvalue weighted by Crippen LogP contribution is -2.65. The number of rotatable bonds is 5. The van der Waals surface area contributed by atoms with Gasteiger partial charge in [-0.05, 0) is 87.1 Å². The van der Waals surface area contributed by atoms with E-state index in [0.717, 1.165) is 36.9 Å². The van der Waals surface area contributed by atoms with Gasteiger partial charge in [-0.25, -0.2) is 4.79 Å². The van der Waals surface area contributed by atoms with Gasteiger partial charge in [0.15, 0.2) is 0 Å². The molecule has 3 amide bonds. The smallest absolute Gasteiger partial charge is 0.322 e. The molecule has 4 bridgehead atoms. The highest BCUT2D eigenvalue weighted by Crippen LogP contribution is 2.57. The van der Waals surface area contributed by atoms with Crippen molar-refractivity contribution in [1.29, 1.82) is 0 Å². The van der Waals surface area contributed by atoms with Gasteiger partial charge in [0.2, 0.25) is 0 Å². The second-order valence-electron chi connectivity index (χ2n) is 10.6. The van der Waals surface area contributed by atoms with Crippen molar-refractivity contribution in [3.63, 3.8) is 0 Å². The molecular weight excluding hydrogens is 414 g/mol. The Kier molecular flexibility index (Phi) is 5.44. The van der Waals surface area contributed by atoms with Gasteiger partial charge >= 0.3 is 6.03 Å². The van der Waals surface area contributed by atoms with Crippen LogP contribution >= 0.6 is 0 Å². The van der Waals surface area contributed by atoms with E-state index in [2.05, 4.69) is 10.6 Å². The zero-order valence-electron chi connectivity index (χ0n) is 19.4. The van der Waals surface area contributed by atoms with Crippen LogP contribution in [0.4, 0.5) is 10.5 Å². The summed E-state index contributed by atoms with van der Waals surface area (Å²) in [5, 5.41) is 17.3. The van der Waals surface area contributed by atoms with Crippen LogP contribution in [0.1, 0.15) is 67.4 Å². The summed E-state index contributed by atoms with van der Waals surface area (Å²) in [7, 11) is 1.74. The summed E-state index contributed by atoms with van der Waals surface area (Å²) in [6.07, 6.45) is 5.60. The zero-order chi connectivity index (χ0) is 23.2. The van der Waals surface area contributed by atoms with Crippen molar-refractivity contribution in [2.24, 2.45) is 11.8 Å². The fourth-order valence-corrected chi connectivity index (χ4v) is 6.73. The Hall–Kier alpha value is -2.86. The number of carbonyl (C=O) groups is 2. The number of nitrogens with zero attached hydrogens (tertiary/aromatic N) is 1. The minimum absolute atomic E-state index is 0.0763. The second-order valence-corrected chi connectivity index (χ2v) is 10.6. The van der Waals surface area contributed by atoms with Gasteiger partial charge < -0.3 is 15.7 Å². The lowest BCUT2D eigenvalue weighted by atomic mass is 9.51. The van der Waals surface area contributed by atoms with Crippen molar-refractivity contribution in [2.75, 3.05) is 11.9 Å². The molecule has 0 spiro atoms. The van der Waals surface area contributed by atoms with Crippen LogP contribution in [0.3, 0.4) is 0 Å². The maximum Gasteiger partial charge on any atom is 0.322 e. The van der Waals surface area contributed by atoms with Crippen LogP contribution < -0.4 is 15.5 Å². The number of anilines is 1. The van der Waals surface area contributed by atoms with E-state index in [9.17, 15) is 14.7 Å². The van der Waals surface area contributed by atoms with Gasteiger partial charge in [0.25, 0.3) is 5.91 Å². The maximum absolute atomic E-state index is 13.1. The molecule has 0 radical (unpaired) electrons. The first-order valence-electron chi connectivity index (χ1n) is 12.0. The Morgan fingerprint density at radius 3 is 2.24 bits per heavy atom. The van der Waals surface area contributed by atoms with E-state index in [1.165, 1.54) is 6.42 Å². The predicted molar refractivity (Wildman–Crippen MR) is 128 cm³/mol. The molecule has 3 atom stereocenters. The average molecular weight is 448 g/mol. The Bertz CT molecular complexity index is 1020. The molecule has 6 heteroatoms. The number of aliphatic hydroxyl groups is 1. The van der Waals surface area contributed by atoms with Crippen LogP contribution in [-0.4, -0.2) is 35.2 Å². The van der Waals surface area contributed by atoms with Crippen LogP contribution in [0.25, 0.3) is 0 Å². The van der Waals surface area contributed by atoms with Crippen LogP contribution in [0.15, 0.2) is 54.6 Å². The standard InChI is InChI=1S/C27H33N3O3/c1-18(28-25(32)30(2)23-6-4-3-5-7-23)21-8-10-22(11-9-21)24(31)29-26-13-19-12-20(14-26)16-27(33,15-19)17-26/h3-11,18-20,33H,12-17H2,1-2H3,(H,28,32)(H,29,31). The number of amides is 3. The molecule has 3 N–H and O–H groups in total. The van der Waals surface area contributed by atoms with Crippen molar-refractivity contribution in [3.05, 3.63) is 65.7 Å². The third kappa shape index (κ3) is 4.36. The molecule has 2 aromatic rings. The zero-order valence-corrected chi connectivity index (χ0v) is 19.4. The van der Waals surface area contributed by atoms with Gasteiger partial charge in [0.05, 0.1) is 11.6 Å². The second kappa shape index (κ2) is 8.17. The molecule has 4 fully saturated rings. The Morgan fingerprint density at radius 2 is 1.64 bits per heavy atom. The Morgan fingerprint density at radius 1 is 1.00 bits per heavy atom. The lowest BCUT2D eigenvalue weighted by Gasteiger charge is -2.60. The molecule has 3 unspecified atom stereocenters. The van der Waals surface area contributed by atoms with E-state index in [1.807, 2.05) is 61.5 Å². The van der Waals surface area contributed by atoms with Crippen molar-refractivity contribution in [2.45, 2.75) is 62.6 Å². The number of para-hydroxylation sites is 1. The molecular formula is C27H33N3O3. The summed E-state index contributed by atoms with van der Waals surface area (Å²) < 4.78 is 0. The van der Waals surface area contributed by atoms with Crippen molar-refractivity contribution in [1.82, 2.24) is 10.6 Å². The summed E-state index contributed by atoms with van der Waals surface area (Å²) >= 11 is 0. The van der Waals surface area contributed by atoms with E-state index in [4.69, 9.17) is 0 Å². The first-order chi connectivity index (χ1) is 15.7. The molecule has 6 nitrogen and oxygen atoms in total. The highest BCUT2D eigenvalue weighted by molar-refractivity contribution is 5.95. The van der Waals surface area contributed by atoms with E-state index in [1.54, 1.807) is 11.9 Å². The van der Waals surface area contributed by atoms with Crippen LogP contribution in [0.2, 0.25) is 0 Å². The Labute approximate surface area is 195 Å². The minimum Gasteiger partial charge on any atom is -0.390 e. The third-order valence-electron chi connectivity index (χ3n) is 7.87. The predicted octanol–water partition coefficient (Wildman–Crippen LogP) is 4.41. The number of nitrogens with one attached hydrogen (secondary N) is 2. The highest BCUT2D eigenvalue weighted by Gasteiger charge is 2.57. The average Bonchev–Trinajstić information content (AvgIpc) is 2.77. The van der Waals surface area contributed by atoms with Crippen LogP contribution in [0.5, 0.6) is 0 Å². The van der Waals surface area contributed by atoms with Gasteiger partial charge in [0, 0.05) is 23.8 Å². The summed E-state index contributed by atoms with van der Waals surface area (Å²) in [6.45, 7) is 1.93. The third-order valence-corrected chi connectivity index (χ3v) is 7.87. The number of benzene rings is 2. The van der Waals surface area contributed by atoms with Gasteiger partial charge in [0.1, 0.15) is 0 Å². The molecule has 4 aliphatic rings. The quantitative estimate of drug-likeness (QED) is 0.635. The molecule has 6 rings (SSSR count). The van der Waals surface area contributed by atoms with Crippen LogP contribution in [-0.2, 0) is 0 Å². The van der Waals surface area contributed by atoms with Gasteiger partial charge in [-0.2, -0.15) is 0 Å². The summed E-state index contributed by atoms with van der Waals surface area (Å²) in [5.41, 5.74) is 1.51. The topological polar surface area (TPSA) is 81.7 Å². The molecule has 33 heavy (non-hydrogen) atoms. The van der Waals surface area contributed by atoms with Gasteiger partial charge in [-0.3, -0.25) is 9.69 Å². The van der Waals surface area contributed by atoms with E-state index >= 15 is 0 Å². The Balaban J connectivity index is 1.21. The summed E-state index contributed by atoms with van der Waals surface area (Å²) in [4.78, 5) is 27.3. The van der Waals surface area contributed by atoms with Gasteiger partial charge in [-0.1, -0.05) is 30.3 Å². The maximum atomic E-state index is 13.1. The van der Waals surface area contributed by atoms with Crippen LogP contribution in [0, 0.1) is 11.8 Å².